The third-order valence-corrected chi connectivity index (χ3v) is 11.5. The summed E-state index contributed by atoms with van der Waals surface area (Å²) in [4.78, 5) is 0. The number of nitrogens with zero attached hydrogens (tertiary/aromatic N) is 6. The van der Waals surface area contributed by atoms with Gasteiger partial charge in [-0.1, -0.05) is 105 Å². The molecular weight excluding hydrogens is 673 g/mol. The highest BCUT2D eigenvalue weighted by Gasteiger charge is 2.38. The van der Waals surface area contributed by atoms with E-state index in [0.29, 0.717) is 28.1 Å². The van der Waals surface area contributed by atoms with E-state index in [1.807, 2.05) is 71.3 Å². The molecular formula is C49H28N6. The first-order chi connectivity index (χ1) is 26.9. The van der Waals surface area contributed by atoms with E-state index in [1.54, 1.807) is 6.07 Å². The third-order valence-electron chi connectivity index (χ3n) is 11.5. The summed E-state index contributed by atoms with van der Waals surface area (Å²) in [6.45, 7) is 4.57. The Balaban J connectivity index is 1.28. The molecule has 0 saturated carbocycles. The van der Waals surface area contributed by atoms with Crippen molar-refractivity contribution < 1.29 is 0 Å². The first-order valence-corrected chi connectivity index (χ1v) is 18.0. The zero-order valence-corrected chi connectivity index (χ0v) is 29.9. The summed E-state index contributed by atoms with van der Waals surface area (Å²) in [7, 11) is 0. The van der Waals surface area contributed by atoms with Crippen molar-refractivity contribution in [2.75, 3.05) is 0 Å². The highest BCUT2D eigenvalue weighted by Crippen LogP contribution is 2.53. The van der Waals surface area contributed by atoms with Gasteiger partial charge in [-0.15, -0.1) is 0 Å². The van der Waals surface area contributed by atoms with Crippen LogP contribution in [0.2, 0.25) is 0 Å². The predicted molar refractivity (Wildman–Crippen MR) is 217 cm³/mol. The van der Waals surface area contributed by atoms with Crippen LogP contribution in [0.25, 0.3) is 77.2 Å². The predicted octanol–water partition coefficient (Wildman–Crippen LogP) is 11.3. The lowest BCUT2D eigenvalue weighted by molar-refractivity contribution is 0.666. The Morgan fingerprint density at radius 1 is 0.491 bits per heavy atom. The average molecular weight is 701 g/mol. The van der Waals surface area contributed by atoms with Gasteiger partial charge in [-0.3, -0.25) is 0 Å². The maximum absolute atomic E-state index is 10.9. The maximum atomic E-state index is 10.9. The fourth-order valence-corrected chi connectivity index (χ4v) is 9.21. The van der Waals surface area contributed by atoms with Crippen LogP contribution >= 0.6 is 0 Å². The lowest BCUT2D eigenvalue weighted by Gasteiger charge is -2.22. The van der Waals surface area contributed by atoms with Gasteiger partial charge >= 0.3 is 0 Å². The van der Waals surface area contributed by atoms with Crippen molar-refractivity contribution in [1.29, 1.82) is 21.0 Å². The van der Waals surface area contributed by atoms with Gasteiger partial charge in [0.2, 0.25) is 0 Å². The van der Waals surface area contributed by atoms with Crippen LogP contribution in [-0.4, -0.2) is 9.13 Å². The van der Waals surface area contributed by atoms with Crippen LogP contribution in [0.4, 0.5) is 0 Å². The first kappa shape index (κ1) is 31.8. The van der Waals surface area contributed by atoms with Crippen molar-refractivity contribution in [3.63, 3.8) is 0 Å². The Hall–Kier alpha value is -7.90. The molecule has 0 saturated heterocycles. The van der Waals surface area contributed by atoms with Crippen LogP contribution in [0.3, 0.4) is 0 Å². The second-order valence-electron chi connectivity index (χ2n) is 14.5. The van der Waals surface area contributed by atoms with Crippen molar-refractivity contribution in [1.82, 2.24) is 9.13 Å². The number of aromatic nitrogens is 2. The largest absolute Gasteiger partial charge is 0.308 e. The molecule has 0 atom stereocenters. The Labute approximate surface area is 316 Å². The Morgan fingerprint density at radius 2 is 1.09 bits per heavy atom. The molecule has 0 unspecified atom stereocenters. The van der Waals surface area contributed by atoms with Gasteiger partial charge in [-0.05, 0) is 70.3 Å². The highest BCUT2D eigenvalue weighted by molar-refractivity contribution is 6.15. The summed E-state index contributed by atoms with van der Waals surface area (Å²) in [5.41, 5.74) is 11.5. The van der Waals surface area contributed by atoms with Gasteiger partial charge in [-0.25, -0.2) is 0 Å². The molecule has 9 aromatic rings. The van der Waals surface area contributed by atoms with Crippen LogP contribution in [-0.2, 0) is 5.41 Å². The molecule has 0 fully saturated rings. The number of nitriles is 4. The molecule has 2 heterocycles. The summed E-state index contributed by atoms with van der Waals surface area (Å²) >= 11 is 0. The SMILES string of the molecule is CC1(C)c2ccccc2-c2ccc3c(c21)c1ccccc1n3-c1ccc(-c2c(C#N)c(C#N)cc(C#N)c2-n2c3ccccc3c3ccccc32)cc1C#N. The fraction of sp³-hybridized carbons (Fsp3) is 0.0612. The lowest BCUT2D eigenvalue weighted by Crippen LogP contribution is -2.15. The van der Waals surface area contributed by atoms with Gasteiger partial charge < -0.3 is 9.13 Å². The molecule has 7 aromatic carbocycles. The molecule has 0 bridgehead atoms. The van der Waals surface area contributed by atoms with Gasteiger partial charge in [0.05, 0.1) is 55.7 Å². The normalized spacial score (nSPS) is 12.6. The number of hydrogen-bond acceptors (Lipinski definition) is 4. The van der Waals surface area contributed by atoms with E-state index in [-0.39, 0.29) is 22.1 Å². The molecule has 254 valence electrons. The summed E-state index contributed by atoms with van der Waals surface area (Å²) in [6.07, 6.45) is 0. The van der Waals surface area contributed by atoms with E-state index in [2.05, 4.69) is 97.3 Å². The standard InChI is InChI=1S/C49H28N6/c1-49(2)39-15-7-3-11-33(39)36-20-22-44-46(47(36)49)37-14-6-10-18-43(37)54(44)40-21-19-29(23-31(40)26-51)45-38(28-53)30(25-50)24-32(27-52)48(45)55-41-16-8-4-12-34(41)35-13-5-9-17-42(35)55/h3-24H,1-2H3. The van der Waals surface area contributed by atoms with E-state index in [4.69, 9.17) is 0 Å². The Morgan fingerprint density at radius 3 is 1.75 bits per heavy atom. The molecule has 2 aromatic heterocycles. The molecule has 0 amide bonds. The molecule has 6 nitrogen and oxygen atoms in total. The fourth-order valence-electron chi connectivity index (χ4n) is 9.21. The summed E-state index contributed by atoms with van der Waals surface area (Å²) in [6, 6.07) is 53.6. The molecule has 0 spiro atoms. The summed E-state index contributed by atoms with van der Waals surface area (Å²) in [5.74, 6) is 0. The van der Waals surface area contributed by atoms with E-state index >= 15 is 0 Å². The molecule has 10 rings (SSSR count). The van der Waals surface area contributed by atoms with Crippen LogP contribution in [0.5, 0.6) is 0 Å². The zero-order chi connectivity index (χ0) is 37.6. The number of fused-ring (bicyclic) bond motifs is 10. The van der Waals surface area contributed by atoms with E-state index in [0.717, 1.165) is 43.6 Å². The second kappa shape index (κ2) is 11.6. The van der Waals surface area contributed by atoms with E-state index in [1.165, 1.54) is 28.3 Å². The van der Waals surface area contributed by atoms with E-state index in [9.17, 15) is 21.0 Å². The minimum Gasteiger partial charge on any atom is -0.308 e. The quantitative estimate of drug-likeness (QED) is 0.183. The minimum atomic E-state index is -0.247. The molecule has 1 aliphatic carbocycles. The van der Waals surface area contributed by atoms with Gasteiger partial charge in [0.25, 0.3) is 0 Å². The number of rotatable bonds is 3. The van der Waals surface area contributed by atoms with Crippen molar-refractivity contribution in [2.24, 2.45) is 0 Å². The Bertz CT molecular complexity index is 3290. The average Bonchev–Trinajstić information content (AvgIpc) is 3.82. The topological polar surface area (TPSA) is 105 Å². The number of benzene rings is 7. The van der Waals surface area contributed by atoms with E-state index < -0.39 is 0 Å². The Kier molecular flexibility index (Phi) is 6.68. The van der Waals surface area contributed by atoms with Crippen LogP contribution in [0.15, 0.2) is 133 Å². The monoisotopic (exact) mass is 700 g/mol. The number of hydrogen-bond donors (Lipinski definition) is 0. The van der Waals surface area contributed by atoms with Crippen LogP contribution in [0, 0.1) is 45.3 Å². The zero-order valence-electron chi connectivity index (χ0n) is 29.9. The molecule has 0 radical (unpaired) electrons. The maximum Gasteiger partial charge on any atom is 0.101 e. The highest BCUT2D eigenvalue weighted by atomic mass is 15.0. The van der Waals surface area contributed by atoms with Crippen molar-refractivity contribution in [2.45, 2.75) is 19.3 Å². The van der Waals surface area contributed by atoms with Crippen molar-refractivity contribution in [3.8, 4) is 57.9 Å². The minimum absolute atomic E-state index is 0.0982. The smallest absolute Gasteiger partial charge is 0.101 e. The number of para-hydroxylation sites is 3. The van der Waals surface area contributed by atoms with Gasteiger partial charge in [0.1, 0.15) is 24.3 Å². The summed E-state index contributed by atoms with van der Waals surface area (Å²) in [5, 5.41) is 46.8. The molecule has 0 N–H and O–H groups in total. The van der Waals surface area contributed by atoms with Gasteiger partial charge in [-0.2, -0.15) is 21.0 Å². The second-order valence-corrected chi connectivity index (χ2v) is 14.5. The molecule has 55 heavy (non-hydrogen) atoms. The van der Waals surface area contributed by atoms with Crippen LogP contribution in [0.1, 0.15) is 47.2 Å². The van der Waals surface area contributed by atoms with Crippen molar-refractivity contribution in [3.05, 3.63) is 167 Å². The van der Waals surface area contributed by atoms with Gasteiger partial charge in [0.15, 0.2) is 0 Å². The van der Waals surface area contributed by atoms with Gasteiger partial charge in [0, 0.05) is 32.5 Å². The van der Waals surface area contributed by atoms with Crippen molar-refractivity contribution >= 4 is 43.6 Å². The molecule has 6 heteroatoms. The molecule has 0 aliphatic heterocycles. The van der Waals surface area contributed by atoms with Crippen LogP contribution < -0.4 is 0 Å². The third kappa shape index (κ3) is 4.20. The lowest BCUT2D eigenvalue weighted by atomic mass is 9.80. The first-order valence-electron chi connectivity index (χ1n) is 18.0. The molecule has 1 aliphatic rings. The summed E-state index contributed by atoms with van der Waals surface area (Å²) < 4.78 is 4.17.